The lowest BCUT2D eigenvalue weighted by molar-refractivity contribution is -0.976. The second kappa shape index (κ2) is 4.32. The van der Waals surface area contributed by atoms with Gasteiger partial charge in [0.15, 0.2) is 0 Å². The maximum atomic E-state index is 13.3. The van der Waals surface area contributed by atoms with Crippen molar-refractivity contribution in [3.63, 3.8) is 0 Å². The first-order valence-electron chi connectivity index (χ1n) is 10.3. The first kappa shape index (κ1) is 15.3. The Morgan fingerprint density at radius 3 is 3.07 bits per heavy atom. The van der Waals surface area contributed by atoms with E-state index in [1.807, 2.05) is 6.07 Å². The highest BCUT2D eigenvalue weighted by Crippen LogP contribution is 2.70. The quantitative estimate of drug-likeness (QED) is 0.561. The SMILES string of the molecule is C[N+]12CCC34c5ccccc5N5C(=O)CC6OCC=C(C1)C(CC32O)C6C54. The summed E-state index contributed by atoms with van der Waals surface area (Å²) in [5, 5.41) is 12.4. The molecule has 7 rings (SSSR count). The normalized spacial score (nSPS) is 51.0. The highest BCUT2D eigenvalue weighted by atomic mass is 16.5. The van der Waals surface area contributed by atoms with Gasteiger partial charge >= 0.3 is 0 Å². The van der Waals surface area contributed by atoms with Gasteiger partial charge < -0.3 is 14.7 Å². The van der Waals surface area contributed by atoms with Gasteiger partial charge in [0.05, 0.1) is 38.8 Å². The molecule has 1 saturated carbocycles. The van der Waals surface area contributed by atoms with Gasteiger partial charge in [0.25, 0.3) is 0 Å². The molecule has 1 aliphatic carbocycles. The molecule has 1 spiro atoms. The average Bonchev–Trinajstić information content (AvgIpc) is 3.02. The van der Waals surface area contributed by atoms with Crippen LogP contribution in [0.3, 0.4) is 0 Å². The van der Waals surface area contributed by atoms with Crippen molar-refractivity contribution in [2.45, 2.75) is 42.5 Å². The number of carbonyl (C=O) groups excluding carboxylic acids is 1. The zero-order valence-corrected chi connectivity index (χ0v) is 15.6. The molecule has 27 heavy (non-hydrogen) atoms. The van der Waals surface area contributed by atoms with Crippen LogP contribution >= 0.6 is 0 Å². The average molecular weight is 365 g/mol. The first-order chi connectivity index (χ1) is 13.0. The van der Waals surface area contributed by atoms with Crippen LogP contribution in [0.4, 0.5) is 5.69 Å². The molecule has 1 amide bonds. The number of carbonyl (C=O) groups is 1. The van der Waals surface area contributed by atoms with Crippen LogP contribution in [0, 0.1) is 11.8 Å². The summed E-state index contributed by atoms with van der Waals surface area (Å²) >= 11 is 0. The van der Waals surface area contributed by atoms with Crippen molar-refractivity contribution >= 4 is 11.6 Å². The Kier molecular flexibility index (Phi) is 2.44. The highest BCUT2D eigenvalue weighted by Gasteiger charge is 2.82. The molecule has 7 unspecified atom stereocenters. The third-order valence-corrected chi connectivity index (χ3v) is 9.11. The van der Waals surface area contributed by atoms with E-state index in [0.29, 0.717) is 23.4 Å². The van der Waals surface area contributed by atoms with E-state index in [-0.39, 0.29) is 29.4 Å². The number of para-hydroxylation sites is 1. The number of amides is 1. The number of hydrogen-bond acceptors (Lipinski definition) is 3. The van der Waals surface area contributed by atoms with Crippen LogP contribution in [0.25, 0.3) is 0 Å². The zero-order valence-electron chi connectivity index (χ0n) is 15.6. The number of ether oxygens (including phenoxy) is 1. The van der Waals surface area contributed by atoms with Crippen molar-refractivity contribution < 1.29 is 19.1 Å². The van der Waals surface area contributed by atoms with E-state index in [1.165, 1.54) is 11.1 Å². The van der Waals surface area contributed by atoms with E-state index < -0.39 is 5.72 Å². The third-order valence-electron chi connectivity index (χ3n) is 9.11. The van der Waals surface area contributed by atoms with E-state index in [9.17, 15) is 9.90 Å². The molecule has 5 heterocycles. The number of quaternary nitrogens is 1. The molecule has 3 saturated heterocycles. The largest absolute Gasteiger partial charge is 0.373 e. The summed E-state index contributed by atoms with van der Waals surface area (Å²) in [6.07, 6.45) is 4.44. The number of fused-ring (bicyclic) bond motifs is 2. The topological polar surface area (TPSA) is 49.8 Å². The number of nitrogens with zero attached hydrogens (tertiary/aromatic N) is 2. The molecule has 1 aromatic rings. The standard InChI is InChI=1S/C22H25N2O3/c1-24-8-7-21-15-4-2-3-5-16(15)23-18(25)10-17-19(20(21)23)14(11-22(21,24)26)13(12-24)6-9-27-17/h2-6,14,17,19-20,26H,7-12H2,1H3/q+1. The van der Waals surface area contributed by atoms with Gasteiger partial charge in [-0.1, -0.05) is 24.3 Å². The Morgan fingerprint density at radius 1 is 1.33 bits per heavy atom. The van der Waals surface area contributed by atoms with Gasteiger partial charge in [0.1, 0.15) is 12.0 Å². The lowest BCUT2D eigenvalue weighted by Crippen LogP contribution is -2.78. The summed E-state index contributed by atoms with van der Waals surface area (Å²) in [5.41, 5.74) is 2.51. The van der Waals surface area contributed by atoms with Gasteiger partial charge in [-0.3, -0.25) is 9.28 Å². The Labute approximate surface area is 158 Å². The predicted molar refractivity (Wildman–Crippen MR) is 98.9 cm³/mol. The zero-order chi connectivity index (χ0) is 18.2. The van der Waals surface area contributed by atoms with Crippen LogP contribution in [0.5, 0.6) is 0 Å². The molecule has 5 nitrogen and oxygen atoms in total. The van der Waals surface area contributed by atoms with Gasteiger partial charge in [-0.25, -0.2) is 0 Å². The maximum absolute atomic E-state index is 13.3. The van der Waals surface area contributed by atoms with E-state index in [0.717, 1.165) is 31.6 Å². The second-order valence-electron chi connectivity index (χ2n) is 9.78. The fourth-order valence-electron chi connectivity index (χ4n) is 8.11. The summed E-state index contributed by atoms with van der Waals surface area (Å²) in [6, 6.07) is 8.38. The Morgan fingerprint density at radius 2 is 2.19 bits per heavy atom. The Bertz CT molecular complexity index is 943. The third kappa shape index (κ3) is 1.36. The lowest BCUT2D eigenvalue weighted by atomic mass is 9.51. The fraction of sp³-hybridized carbons (Fsp3) is 0.591. The van der Waals surface area contributed by atoms with Gasteiger partial charge in [-0.15, -0.1) is 0 Å². The molecule has 0 aromatic heterocycles. The first-order valence-corrected chi connectivity index (χ1v) is 10.3. The molecule has 1 N–H and O–H groups in total. The summed E-state index contributed by atoms with van der Waals surface area (Å²) in [6.45, 7) is 2.48. The van der Waals surface area contributed by atoms with Gasteiger partial charge in [0, 0.05) is 30.4 Å². The molecule has 140 valence electrons. The summed E-state index contributed by atoms with van der Waals surface area (Å²) in [4.78, 5) is 15.4. The van der Waals surface area contributed by atoms with Crippen LogP contribution < -0.4 is 4.90 Å². The minimum absolute atomic E-state index is 0.0200. The molecule has 7 atom stereocenters. The van der Waals surface area contributed by atoms with Crippen molar-refractivity contribution in [1.82, 2.24) is 0 Å². The minimum Gasteiger partial charge on any atom is -0.373 e. The van der Waals surface area contributed by atoms with Gasteiger partial charge in [-0.05, 0) is 17.2 Å². The van der Waals surface area contributed by atoms with Crippen LogP contribution in [-0.2, 0) is 14.9 Å². The summed E-state index contributed by atoms with van der Waals surface area (Å²) in [5.74, 6) is 0.782. The molecular formula is C22H25N2O3+. The predicted octanol–water partition coefficient (Wildman–Crippen LogP) is 1.56. The molecule has 0 radical (unpaired) electrons. The van der Waals surface area contributed by atoms with Crippen molar-refractivity contribution in [2.24, 2.45) is 11.8 Å². The molecule has 6 aliphatic rings. The summed E-state index contributed by atoms with van der Waals surface area (Å²) in [7, 11) is 2.23. The van der Waals surface area contributed by atoms with Crippen LogP contribution in [0.15, 0.2) is 35.9 Å². The molecular weight excluding hydrogens is 340 g/mol. The van der Waals surface area contributed by atoms with Gasteiger partial charge in [0.2, 0.25) is 11.6 Å². The van der Waals surface area contributed by atoms with Crippen LogP contribution in [-0.4, -0.2) is 60.1 Å². The van der Waals surface area contributed by atoms with Crippen molar-refractivity contribution in [2.75, 3.05) is 31.6 Å². The minimum atomic E-state index is -0.812. The Balaban J connectivity index is 1.60. The van der Waals surface area contributed by atoms with E-state index in [2.05, 4.69) is 36.2 Å². The van der Waals surface area contributed by atoms with Crippen molar-refractivity contribution in [3.05, 3.63) is 41.5 Å². The summed E-state index contributed by atoms with van der Waals surface area (Å²) < 4.78 is 6.93. The Hall–Kier alpha value is -1.69. The van der Waals surface area contributed by atoms with E-state index in [1.54, 1.807) is 0 Å². The number of rotatable bonds is 0. The van der Waals surface area contributed by atoms with Crippen molar-refractivity contribution in [3.8, 4) is 0 Å². The number of likely N-dealkylation sites (N-methyl/N-ethyl adjacent to an activating group) is 1. The maximum Gasteiger partial charge on any atom is 0.229 e. The second-order valence-corrected chi connectivity index (χ2v) is 9.78. The smallest absolute Gasteiger partial charge is 0.229 e. The number of piperidine rings is 2. The molecule has 1 aromatic carbocycles. The van der Waals surface area contributed by atoms with Crippen LogP contribution in [0.1, 0.15) is 24.8 Å². The monoisotopic (exact) mass is 365 g/mol. The van der Waals surface area contributed by atoms with Crippen LogP contribution in [0.2, 0.25) is 0 Å². The molecule has 2 bridgehead atoms. The fourth-order valence-corrected chi connectivity index (χ4v) is 8.11. The highest BCUT2D eigenvalue weighted by molar-refractivity contribution is 5.99. The number of anilines is 1. The molecule has 5 aliphatic heterocycles. The van der Waals surface area contributed by atoms with Gasteiger partial charge in [-0.2, -0.15) is 0 Å². The molecule has 4 fully saturated rings. The lowest BCUT2D eigenvalue weighted by Gasteiger charge is -2.63. The number of hydrogen-bond donors (Lipinski definition) is 1. The molecule has 5 heteroatoms. The number of benzene rings is 1. The van der Waals surface area contributed by atoms with E-state index in [4.69, 9.17) is 4.74 Å². The van der Waals surface area contributed by atoms with Crippen molar-refractivity contribution in [1.29, 1.82) is 0 Å². The van der Waals surface area contributed by atoms with E-state index >= 15 is 0 Å². The number of aliphatic hydroxyl groups is 1.